The molecule has 1 heterocycles. The van der Waals surface area contributed by atoms with E-state index in [1.54, 1.807) is 6.20 Å². The van der Waals surface area contributed by atoms with E-state index in [0.717, 1.165) is 12.2 Å². The van der Waals surface area contributed by atoms with Gasteiger partial charge in [0.1, 0.15) is 5.82 Å². The molecular formula is C9H15N3O3S. The fourth-order valence-corrected chi connectivity index (χ4v) is 1.44. The summed E-state index contributed by atoms with van der Waals surface area (Å²) in [6.07, 6.45) is 3.11. The number of hydrogen-bond acceptors (Lipinski definition) is 5. The van der Waals surface area contributed by atoms with Gasteiger partial charge in [-0.3, -0.25) is 4.18 Å². The van der Waals surface area contributed by atoms with Crippen LogP contribution in [0.5, 0.6) is 0 Å². The van der Waals surface area contributed by atoms with E-state index < -0.39 is 10.3 Å². The number of pyridine rings is 1. The van der Waals surface area contributed by atoms with Gasteiger partial charge in [-0.05, 0) is 25.0 Å². The molecule has 0 aliphatic rings. The minimum atomic E-state index is -3.80. The molecule has 0 saturated carbocycles. The van der Waals surface area contributed by atoms with Gasteiger partial charge in [0.15, 0.2) is 0 Å². The Bertz CT molecular complexity index is 394. The first-order chi connectivity index (χ1) is 7.58. The van der Waals surface area contributed by atoms with Gasteiger partial charge < -0.3 is 5.32 Å². The molecule has 6 nitrogen and oxygen atoms in total. The van der Waals surface area contributed by atoms with Crippen molar-refractivity contribution in [2.24, 2.45) is 5.14 Å². The fraction of sp³-hybridized carbons (Fsp3) is 0.444. The van der Waals surface area contributed by atoms with Crippen LogP contribution in [0.4, 0.5) is 5.82 Å². The molecule has 90 valence electrons. The molecule has 0 aliphatic carbocycles. The third-order valence-electron chi connectivity index (χ3n) is 1.79. The van der Waals surface area contributed by atoms with Crippen LogP contribution in [0.3, 0.4) is 0 Å². The van der Waals surface area contributed by atoms with Gasteiger partial charge in [-0.25, -0.2) is 10.1 Å². The van der Waals surface area contributed by atoms with Crippen molar-refractivity contribution in [1.29, 1.82) is 0 Å². The number of anilines is 1. The molecule has 7 heteroatoms. The van der Waals surface area contributed by atoms with Crippen molar-refractivity contribution in [1.82, 2.24) is 4.98 Å². The highest BCUT2D eigenvalue weighted by atomic mass is 32.2. The van der Waals surface area contributed by atoms with Crippen LogP contribution in [-0.2, 0) is 14.5 Å². The Hall–Kier alpha value is -1.18. The van der Waals surface area contributed by atoms with Gasteiger partial charge in [0.05, 0.1) is 6.61 Å². The van der Waals surface area contributed by atoms with Gasteiger partial charge in [-0.2, -0.15) is 8.42 Å². The number of rotatable bonds is 7. The van der Waals surface area contributed by atoms with Gasteiger partial charge in [0.2, 0.25) is 0 Å². The van der Waals surface area contributed by atoms with Crippen LogP contribution in [-0.4, -0.2) is 26.6 Å². The second-order valence-electron chi connectivity index (χ2n) is 3.16. The Balaban J connectivity index is 2.05. The van der Waals surface area contributed by atoms with Crippen LogP contribution in [0.25, 0.3) is 0 Å². The second kappa shape index (κ2) is 6.41. The molecule has 0 aliphatic heterocycles. The summed E-state index contributed by atoms with van der Waals surface area (Å²) >= 11 is 0. The van der Waals surface area contributed by atoms with Crippen LogP contribution in [0.15, 0.2) is 24.4 Å². The van der Waals surface area contributed by atoms with Crippen molar-refractivity contribution in [3.63, 3.8) is 0 Å². The van der Waals surface area contributed by atoms with E-state index in [1.807, 2.05) is 18.2 Å². The zero-order chi connectivity index (χ0) is 11.9. The van der Waals surface area contributed by atoms with Crippen LogP contribution < -0.4 is 10.5 Å². The summed E-state index contributed by atoms with van der Waals surface area (Å²) in [5.41, 5.74) is 0. The van der Waals surface area contributed by atoms with Crippen molar-refractivity contribution >= 4 is 16.1 Å². The molecule has 0 atom stereocenters. The van der Waals surface area contributed by atoms with E-state index in [0.29, 0.717) is 13.0 Å². The van der Waals surface area contributed by atoms with Gasteiger partial charge in [0, 0.05) is 12.7 Å². The molecule has 1 aromatic rings. The molecule has 0 amide bonds. The monoisotopic (exact) mass is 245 g/mol. The van der Waals surface area contributed by atoms with Gasteiger partial charge >= 0.3 is 10.3 Å². The Morgan fingerprint density at radius 3 is 2.81 bits per heavy atom. The summed E-state index contributed by atoms with van der Waals surface area (Å²) in [7, 11) is -3.80. The number of aromatic nitrogens is 1. The standard InChI is InChI=1S/C9H15N3O3S/c10-16(13,14)15-8-4-3-7-12-9-5-1-2-6-11-9/h1-2,5-6H,3-4,7-8H2,(H,11,12)(H2,10,13,14). The first kappa shape index (κ1) is 12.9. The second-order valence-corrected chi connectivity index (χ2v) is 4.38. The Labute approximate surface area is 95.1 Å². The normalized spacial score (nSPS) is 11.3. The van der Waals surface area contributed by atoms with Crippen LogP contribution in [0.2, 0.25) is 0 Å². The van der Waals surface area contributed by atoms with E-state index in [4.69, 9.17) is 0 Å². The maximum absolute atomic E-state index is 10.4. The van der Waals surface area contributed by atoms with E-state index >= 15 is 0 Å². The first-order valence-corrected chi connectivity index (χ1v) is 6.37. The number of nitrogens with zero attached hydrogens (tertiary/aromatic N) is 1. The smallest absolute Gasteiger partial charge is 0.333 e. The van der Waals surface area contributed by atoms with Gasteiger partial charge in [-0.1, -0.05) is 6.07 Å². The molecule has 16 heavy (non-hydrogen) atoms. The average molecular weight is 245 g/mol. The Morgan fingerprint density at radius 2 is 2.19 bits per heavy atom. The Kier molecular flexibility index (Phi) is 5.17. The summed E-state index contributed by atoms with van der Waals surface area (Å²) in [6.45, 7) is 0.827. The number of nitrogens with two attached hydrogens (primary N) is 1. The number of nitrogens with one attached hydrogen (secondary N) is 1. The highest BCUT2D eigenvalue weighted by Crippen LogP contribution is 2.00. The molecule has 0 unspecified atom stereocenters. The highest BCUT2D eigenvalue weighted by Gasteiger charge is 2.00. The maximum Gasteiger partial charge on any atom is 0.333 e. The molecule has 3 N–H and O–H groups in total. The van der Waals surface area contributed by atoms with E-state index in [-0.39, 0.29) is 6.61 Å². The molecule has 0 saturated heterocycles. The van der Waals surface area contributed by atoms with Crippen LogP contribution in [0, 0.1) is 0 Å². The number of hydrogen-bond donors (Lipinski definition) is 2. The lowest BCUT2D eigenvalue weighted by Crippen LogP contribution is -2.16. The van der Waals surface area contributed by atoms with Crippen LogP contribution >= 0.6 is 0 Å². The topological polar surface area (TPSA) is 94.3 Å². The Morgan fingerprint density at radius 1 is 1.38 bits per heavy atom. The quantitative estimate of drug-likeness (QED) is 0.682. The predicted molar refractivity (Wildman–Crippen MR) is 61.0 cm³/mol. The largest absolute Gasteiger partial charge is 0.370 e. The summed E-state index contributed by atoms with van der Waals surface area (Å²) in [5.74, 6) is 0.801. The van der Waals surface area contributed by atoms with Crippen molar-refractivity contribution in [2.75, 3.05) is 18.5 Å². The summed E-state index contributed by atoms with van der Waals surface area (Å²) < 4.78 is 25.2. The molecule has 0 spiro atoms. The maximum atomic E-state index is 10.4. The minimum Gasteiger partial charge on any atom is -0.370 e. The lowest BCUT2D eigenvalue weighted by molar-refractivity contribution is 0.310. The first-order valence-electron chi connectivity index (χ1n) is 4.90. The predicted octanol–water partition coefficient (Wildman–Crippen LogP) is 0.494. The summed E-state index contributed by atoms with van der Waals surface area (Å²) in [4.78, 5) is 4.08. The minimum absolute atomic E-state index is 0.114. The van der Waals surface area contributed by atoms with Crippen molar-refractivity contribution < 1.29 is 12.6 Å². The zero-order valence-electron chi connectivity index (χ0n) is 8.80. The third kappa shape index (κ3) is 6.33. The molecule has 0 bridgehead atoms. The molecule has 0 radical (unpaired) electrons. The van der Waals surface area contributed by atoms with Crippen molar-refractivity contribution in [2.45, 2.75) is 12.8 Å². The summed E-state index contributed by atoms with van der Waals surface area (Å²) in [6, 6.07) is 5.59. The molecular weight excluding hydrogens is 230 g/mol. The lowest BCUT2D eigenvalue weighted by atomic mass is 10.3. The fourth-order valence-electron chi connectivity index (χ4n) is 1.09. The lowest BCUT2D eigenvalue weighted by Gasteiger charge is -2.04. The number of unbranched alkanes of at least 4 members (excludes halogenated alkanes) is 1. The van der Waals surface area contributed by atoms with Gasteiger partial charge in [-0.15, -0.1) is 0 Å². The molecule has 1 aromatic heterocycles. The van der Waals surface area contributed by atoms with Crippen molar-refractivity contribution in [3.05, 3.63) is 24.4 Å². The molecule has 1 rings (SSSR count). The SMILES string of the molecule is NS(=O)(=O)OCCCCNc1ccccn1. The van der Waals surface area contributed by atoms with Crippen molar-refractivity contribution in [3.8, 4) is 0 Å². The molecule has 0 fully saturated rings. The highest BCUT2D eigenvalue weighted by molar-refractivity contribution is 7.84. The summed E-state index contributed by atoms with van der Waals surface area (Å²) in [5, 5.41) is 7.76. The van der Waals surface area contributed by atoms with E-state index in [9.17, 15) is 8.42 Å². The third-order valence-corrected chi connectivity index (χ3v) is 2.28. The van der Waals surface area contributed by atoms with Gasteiger partial charge in [0.25, 0.3) is 0 Å². The van der Waals surface area contributed by atoms with E-state index in [1.165, 1.54) is 0 Å². The van der Waals surface area contributed by atoms with E-state index in [2.05, 4.69) is 19.6 Å². The zero-order valence-corrected chi connectivity index (χ0v) is 9.61. The average Bonchev–Trinajstić information content (AvgIpc) is 2.23. The van der Waals surface area contributed by atoms with Crippen LogP contribution in [0.1, 0.15) is 12.8 Å². The molecule has 0 aromatic carbocycles.